The van der Waals surface area contributed by atoms with Gasteiger partial charge in [-0.15, -0.1) is 0 Å². The van der Waals surface area contributed by atoms with Crippen LogP contribution in [0.2, 0.25) is 5.02 Å². The number of nitrogens with zero attached hydrogens (tertiary/aromatic N) is 2. The molecule has 1 N–H and O–H groups in total. The summed E-state index contributed by atoms with van der Waals surface area (Å²) in [6.45, 7) is 3.38. The first-order chi connectivity index (χ1) is 9.20. The van der Waals surface area contributed by atoms with E-state index in [4.69, 9.17) is 16.3 Å². The highest BCUT2D eigenvalue weighted by molar-refractivity contribution is 6.30. The summed E-state index contributed by atoms with van der Waals surface area (Å²) in [7, 11) is 1.92. The minimum Gasteiger partial charge on any atom is -0.491 e. The molecule has 4 nitrogen and oxygen atoms in total. The normalized spacial score (nSPS) is 12.4. The minimum absolute atomic E-state index is 0.193. The van der Waals surface area contributed by atoms with Crippen LogP contribution in [0, 0.1) is 0 Å². The van der Waals surface area contributed by atoms with Gasteiger partial charge in [-0.05, 0) is 38.2 Å². The average Bonchev–Trinajstić information content (AvgIpc) is 2.92. The van der Waals surface area contributed by atoms with Gasteiger partial charge in [0.15, 0.2) is 0 Å². The molecule has 0 aliphatic rings. The average molecular weight is 280 g/mol. The van der Waals surface area contributed by atoms with Crippen molar-refractivity contribution in [2.24, 2.45) is 0 Å². The molecule has 0 amide bonds. The summed E-state index contributed by atoms with van der Waals surface area (Å²) >= 11 is 6.04. The van der Waals surface area contributed by atoms with Gasteiger partial charge in [0.2, 0.25) is 0 Å². The predicted octanol–water partition coefficient (Wildman–Crippen LogP) is 2.90. The number of rotatable bonds is 6. The Kier molecular flexibility index (Phi) is 4.82. The van der Waals surface area contributed by atoms with Crippen LogP contribution in [-0.4, -0.2) is 23.4 Å². The van der Waals surface area contributed by atoms with E-state index in [1.807, 2.05) is 42.2 Å². The summed E-state index contributed by atoms with van der Waals surface area (Å²) in [5, 5.41) is 8.05. The highest BCUT2D eigenvalue weighted by Gasteiger charge is 2.10. The van der Waals surface area contributed by atoms with E-state index in [1.54, 1.807) is 6.20 Å². The molecule has 2 aromatic rings. The number of halogens is 1. The van der Waals surface area contributed by atoms with Gasteiger partial charge in [0.25, 0.3) is 0 Å². The molecule has 1 aromatic heterocycles. The number of hydrogen-bond acceptors (Lipinski definition) is 3. The maximum Gasteiger partial charge on any atom is 0.124 e. The Bertz CT molecular complexity index is 513. The molecule has 1 atom stereocenters. The van der Waals surface area contributed by atoms with E-state index in [1.165, 1.54) is 0 Å². The molecule has 19 heavy (non-hydrogen) atoms. The van der Waals surface area contributed by atoms with Crippen LogP contribution in [0.5, 0.6) is 5.75 Å². The van der Waals surface area contributed by atoms with E-state index < -0.39 is 0 Å². The van der Waals surface area contributed by atoms with Crippen LogP contribution in [0.25, 0.3) is 0 Å². The van der Waals surface area contributed by atoms with Crippen LogP contribution in [-0.2, 0) is 6.54 Å². The molecule has 0 saturated carbocycles. The monoisotopic (exact) mass is 279 g/mol. The lowest BCUT2D eigenvalue weighted by molar-refractivity contribution is 0.286. The Labute approximate surface area is 118 Å². The fraction of sp³-hybridized carbons (Fsp3) is 0.357. The predicted molar refractivity (Wildman–Crippen MR) is 76.6 cm³/mol. The molecule has 102 valence electrons. The molecule has 0 saturated heterocycles. The maximum atomic E-state index is 6.04. The van der Waals surface area contributed by atoms with Gasteiger partial charge in [0.1, 0.15) is 12.4 Å². The van der Waals surface area contributed by atoms with Crippen molar-refractivity contribution in [3.63, 3.8) is 0 Å². The van der Waals surface area contributed by atoms with Crippen molar-refractivity contribution in [2.75, 3.05) is 13.7 Å². The third kappa shape index (κ3) is 3.72. The van der Waals surface area contributed by atoms with Crippen molar-refractivity contribution >= 4 is 11.6 Å². The van der Waals surface area contributed by atoms with E-state index in [0.29, 0.717) is 6.61 Å². The molecular weight excluding hydrogens is 262 g/mol. The van der Waals surface area contributed by atoms with Gasteiger partial charge in [0.05, 0.1) is 6.54 Å². The second-order valence-electron chi connectivity index (χ2n) is 4.31. The summed E-state index contributed by atoms with van der Waals surface area (Å²) in [6.07, 6.45) is 3.68. The van der Waals surface area contributed by atoms with Crippen LogP contribution < -0.4 is 10.1 Å². The molecule has 0 spiro atoms. The smallest absolute Gasteiger partial charge is 0.124 e. The van der Waals surface area contributed by atoms with E-state index in [9.17, 15) is 0 Å². The highest BCUT2D eigenvalue weighted by Crippen LogP contribution is 2.28. The Morgan fingerprint density at radius 2 is 2.32 bits per heavy atom. The molecule has 1 heterocycles. The Hall–Kier alpha value is -1.52. The largest absolute Gasteiger partial charge is 0.491 e. The van der Waals surface area contributed by atoms with Gasteiger partial charge in [-0.25, -0.2) is 0 Å². The number of hydrogen-bond donors (Lipinski definition) is 1. The van der Waals surface area contributed by atoms with Crippen molar-refractivity contribution in [3.8, 4) is 5.75 Å². The number of nitrogens with one attached hydrogen (secondary N) is 1. The molecule has 0 fully saturated rings. The lowest BCUT2D eigenvalue weighted by Crippen LogP contribution is -2.15. The zero-order valence-corrected chi connectivity index (χ0v) is 11.9. The Morgan fingerprint density at radius 3 is 3.00 bits per heavy atom. The molecule has 0 aliphatic carbocycles. The zero-order chi connectivity index (χ0) is 13.7. The quantitative estimate of drug-likeness (QED) is 0.884. The molecule has 1 aromatic carbocycles. The summed E-state index contributed by atoms with van der Waals surface area (Å²) in [6, 6.07) is 7.78. The van der Waals surface area contributed by atoms with Crippen molar-refractivity contribution in [2.45, 2.75) is 19.5 Å². The fourth-order valence-corrected chi connectivity index (χ4v) is 2.01. The van der Waals surface area contributed by atoms with Crippen molar-refractivity contribution < 1.29 is 4.74 Å². The van der Waals surface area contributed by atoms with Gasteiger partial charge < -0.3 is 10.1 Å². The first-order valence-electron chi connectivity index (χ1n) is 6.27. The van der Waals surface area contributed by atoms with Crippen LogP contribution in [0.3, 0.4) is 0 Å². The SMILES string of the molecule is CNC(C)c1cc(Cl)ccc1OCCn1cccn1. The van der Waals surface area contributed by atoms with E-state index in [2.05, 4.69) is 17.3 Å². The maximum absolute atomic E-state index is 6.04. The first kappa shape index (κ1) is 13.9. The summed E-state index contributed by atoms with van der Waals surface area (Å²) in [5.41, 5.74) is 1.07. The summed E-state index contributed by atoms with van der Waals surface area (Å²) < 4.78 is 7.67. The lowest BCUT2D eigenvalue weighted by atomic mass is 10.1. The minimum atomic E-state index is 0.193. The van der Waals surface area contributed by atoms with Crippen LogP contribution in [0.15, 0.2) is 36.7 Å². The molecule has 1 unspecified atom stereocenters. The van der Waals surface area contributed by atoms with E-state index in [0.717, 1.165) is 22.9 Å². The van der Waals surface area contributed by atoms with Crippen LogP contribution >= 0.6 is 11.6 Å². The molecular formula is C14H18ClN3O. The fourth-order valence-electron chi connectivity index (χ4n) is 1.83. The summed E-state index contributed by atoms with van der Waals surface area (Å²) in [4.78, 5) is 0. The summed E-state index contributed by atoms with van der Waals surface area (Å²) in [5.74, 6) is 0.860. The lowest BCUT2D eigenvalue weighted by Gasteiger charge is -2.17. The Morgan fingerprint density at radius 1 is 1.47 bits per heavy atom. The second kappa shape index (κ2) is 6.59. The van der Waals surface area contributed by atoms with Crippen molar-refractivity contribution in [1.82, 2.24) is 15.1 Å². The van der Waals surface area contributed by atoms with E-state index >= 15 is 0 Å². The zero-order valence-electron chi connectivity index (χ0n) is 11.1. The molecule has 0 aliphatic heterocycles. The van der Waals surface area contributed by atoms with Crippen LogP contribution in [0.1, 0.15) is 18.5 Å². The highest BCUT2D eigenvalue weighted by atomic mass is 35.5. The first-order valence-corrected chi connectivity index (χ1v) is 6.65. The van der Waals surface area contributed by atoms with Gasteiger partial charge in [-0.3, -0.25) is 4.68 Å². The standard InChI is InChI=1S/C14H18ClN3O/c1-11(16-2)13-10-12(15)4-5-14(13)19-9-8-18-7-3-6-17-18/h3-7,10-11,16H,8-9H2,1-2H3. The molecule has 5 heteroatoms. The number of benzene rings is 1. The second-order valence-corrected chi connectivity index (χ2v) is 4.75. The number of aromatic nitrogens is 2. The van der Waals surface area contributed by atoms with Crippen molar-refractivity contribution in [1.29, 1.82) is 0 Å². The Balaban J connectivity index is 2.02. The van der Waals surface area contributed by atoms with Gasteiger partial charge in [-0.2, -0.15) is 5.10 Å². The third-order valence-corrected chi connectivity index (χ3v) is 3.24. The van der Waals surface area contributed by atoms with Gasteiger partial charge in [0, 0.05) is 29.0 Å². The molecule has 0 bridgehead atoms. The molecule has 2 rings (SSSR count). The van der Waals surface area contributed by atoms with Gasteiger partial charge in [-0.1, -0.05) is 11.6 Å². The third-order valence-electron chi connectivity index (χ3n) is 3.01. The van der Waals surface area contributed by atoms with Crippen LogP contribution in [0.4, 0.5) is 0 Å². The topological polar surface area (TPSA) is 39.1 Å². The van der Waals surface area contributed by atoms with Gasteiger partial charge >= 0.3 is 0 Å². The number of ether oxygens (including phenoxy) is 1. The molecule has 0 radical (unpaired) electrons. The van der Waals surface area contributed by atoms with Crippen molar-refractivity contribution in [3.05, 3.63) is 47.2 Å². The van der Waals surface area contributed by atoms with E-state index in [-0.39, 0.29) is 6.04 Å².